The van der Waals surface area contributed by atoms with E-state index in [1.807, 2.05) is 12.1 Å². The highest BCUT2D eigenvalue weighted by atomic mass is 19.1. The van der Waals surface area contributed by atoms with Crippen LogP contribution in [0.4, 0.5) is 8.78 Å². The Kier molecular flexibility index (Phi) is 1.91. The van der Waals surface area contributed by atoms with Gasteiger partial charge in [-0.1, -0.05) is 6.58 Å². The molecule has 0 spiro atoms. The quantitative estimate of drug-likeness (QED) is 0.580. The Morgan fingerprint density at radius 2 is 2.09 bits per heavy atom. The van der Waals surface area contributed by atoms with Gasteiger partial charge in [0.25, 0.3) is 0 Å². The largest absolute Gasteiger partial charge is 0.197 e. The van der Waals surface area contributed by atoms with Crippen LogP contribution in [0.1, 0.15) is 12.5 Å². The second kappa shape index (κ2) is 2.71. The van der Waals surface area contributed by atoms with Gasteiger partial charge in [-0.25, -0.2) is 0 Å². The Balaban J connectivity index is 3.23. The molecule has 0 radical (unpaired) electrons. The molecule has 0 heterocycles. The molecule has 1 aromatic carbocycles. The number of rotatable bonds is 1. The molecule has 0 unspecified atom stereocenters. The van der Waals surface area contributed by atoms with E-state index in [9.17, 15) is 8.78 Å². The minimum Gasteiger partial charge on any atom is -0.197 e. The van der Waals surface area contributed by atoms with Crippen LogP contribution >= 0.6 is 0 Å². The molecule has 1 aromatic rings. The van der Waals surface area contributed by atoms with Crippen LogP contribution in [0, 0.1) is 23.8 Å². The second-order valence-corrected chi connectivity index (χ2v) is 2.25. The van der Waals surface area contributed by atoms with Gasteiger partial charge in [0.05, 0.1) is 0 Å². The van der Waals surface area contributed by atoms with Crippen LogP contribution in [-0.4, -0.2) is 0 Å². The SMILES string of the molecule is C=C(C)c1cc(F)c#cc1F. The van der Waals surface area contributed by atoms with Crippen LogP contribution in [0.2, 0.25) is 0 Å². The molecule has 0 aliphatic rings. The maximum absolute atomic E-state index is 12.7. The lowest BCUT2D eigenvalue weighted by Gasteiger charge is -1.96. The van der Waals surface area contributed by atoms with Crippen LogP contribution in [0.15, 0.2) is 12.6 Å². The summed E-state index contributed by atoms with van der Waals surface area (Å²) >= 11 is 0. The molecule has 2 heteroatoms. The van der Waals surface area contributed by atoms with Gasteiger partial charge in [0.15, 0.2) is 11.6 Å². The molecule has 0 saturated carbocycles. The van der Waals surface area contributed by atoms with Crippen LogP contribution < -0.4 is 0 Å². The van der Waals surface area contributed by atoms with E-state index in [4.69, 9.17) is 0 Å². The van der Waals surface area contributed by atoms with Crippen LogP contribution in [0.25, 0.3) is 5.57 Å². The molecule has 0 N–H and O–H groups in total. The average molecular weight is 152 g/mol. The Hall–Kier alpha value is -1.36. The summed E-state index contributed by atoms with van der Waals surface area (Å²) in [6.07, 6.45) is 0. The van der Waals surface area contributed by atoms with E-state index in [0.29, 0.717) is 5.57 Å². The lowest BCUT2D eigenvalue weighted by molar-refractivity contribution is 0.601. The third-order valence-electron chi connectivity index (χ3n) is 1.26. The number of halogens is 2. The second-order valence-electron chi connectivity index (χ2n) is 2.25. The Bertz CT molecular complexity index is 290. The predicted octanol–water partition coefficient (Wildman–Crippen LogP) is 2.60. The van der Waals surface area contributed by atoms with Gasteiger partial charge in [0.1, 0.15) is 0 Å². The highest BCUT2D eigenvalue weighted by molar-refractivity contribution is 5.61. The number of allylic oxidation sites excluding steroid dienone is 1. The summed E-state index contributed by atoms with van der Waals surface area (Å²) in [4.78, 5) is 0. The molecule has 0 aliphatic heterocycles. The lowest BCUT2D eigenvalue weighted by Crippen LogP contribution is -1.85. The molecule has 11 heavy (non-hydrogen) atoms. The minimum absolute atomic E-state index is 0.154. The van der Waals surface area contributed by atoms with Crippen LogP contribution in [0.5, 0.6) is 0 Å². The van der Waals surface area contributed by atoms with Crippen molar-refractivity contribution >= 4 is 5.57 Å². The molecular formula is C9H6F2. The third-order valence-corrected chi connectivity index (χ3v) is 1.26. The van der Waals surface area contributed by atoms with Crippen molar-refractivity contribution in [3.8, 4) is 0 Å². The van der Waals surface area contributed by atoms with E-state index in [2.05, 4.69) is 6.58 Å². The van der Waals surface area contributed by atoms with E-state index in [1.165, 1.54) is 0 Å². The van der Waals surface area contributed by atoms with Gasteiger partial charge in [-0.05, 0) is 30.7 Å². The van der Waals surface area contributed by atoms with Crippen molar-refractivity contribution in [1.29, 1.82) is 0 Å². The zero-order valence-corrected chi connectivity index (χ0v) is 6.04. The molecule has 0 atom stereocenters. The van der Waals surface area contributed by atoms with Crippen molar-refractivity contribution in [2.45, 2.75) is 6.92 Å². The molecular weight excluding hydrogens is 146 g/mol. The van der Waals surface area contributed by atoms with Gasteiger partial charge < -0.3 is 0 Å². The molecule has 0 bridgehead atoms. The first kappa shape index (κ1) is 7.74. The molecule has 1 rings (SSSR count). The van der Waals surface area contributed by atoms with Gasteiger partial charge in [0, 0.05) is 5.56 Å². The van der Waals surface area contributed by atoms with Crippen LogP contribution in [0.3, 0.4) is 0 Å². The number of hydrogen-bond donors (Lipinski definition) is 0. The lowest BCUT2D eigenvalue weighted by atomic mass is 10.1. The summed E-state index contributed by atoms with van der Waals surface area (Å²) < 4.78 is 25.1. The fourth-order valence-electron chi connectivity index (χ4n) is 0.719. The zero-order chi connectivity index (χ0) is 8.43. The zero-order valence-electron chi connectivity index (χ0n) is 6.04. The average Bonchev–Trinajstić information content (AvgIpc) is 1.94. The summed E-state index contributed by atoms with van der Waals surface area (Å²) in [5.74, 6) is -1.23. The molecule has 0 saturated heterocycles. The van der Waals surface area contributed by atoms with Crippen molar-refractivity contribution < 1.29 is 8.78 Å². The summed E-state index contributed by atoms with van der Waals surface area (Å²) in [6.45, 7) is 5.09. The van der Waals surface area contributed by atoms with Crippen molar-refractivity contribution in [1.82, 2.24) is 0 Å². The monoisotopic (exact) mass is 152 g/mol. The molecule has 0 aromatic heterocycles. The van der Waals surface area contributed by atoms with Gasteiger partial charge in [-0.15, -0.1) is 0 Å². The first-order valence-electron chi connectivity index (χ1n) is 3.06. The topological polar surface area (TPSA) is 0 Å². The molecule has 0 nitrogen and oxygen atoms in total. The van der Waals surface area contributed by atoms with Crippen molar-refractivity contribution in [3.63, 3.8) is 0 Å². The van der Waals surface area contributed by atoms with Gasteiger partial charge in [-0.2, -0.15) is 8.78 Å². The fraction of sp³-hybridized carbons (Fsp3) is 0.111. The third kappa shape index (κ3) is 1.56. The van der Waals surface area contributed by atoms with E-state index < -0.39 is 11.6 Å². The molecule has 0 amide bonds. The Labute approximate surface area is 64.2 Å². The van der Waals surface area contributed by atoms with E-state index in [0.717, 1.165) is 6.07 Å². The van der Waals surface area contributed by atoms with E-state index in [-0.39, 0.29) is 5.56 Å². The minimum atomic E-state index is -0.621. The maximum atomic E-state index is 12.7. The van der Waals surface area contributed by atoms with Crippen molar-refractivity contribution in [3.05, 3.63) is 42.0 Å². The smallest absolute Gasteiger partial charge is 0.181 e. The summed E-state index contributed by atoms with van der Waals surface area (Å²) in [5, 5.41) is 0. The Morgan fingerprint density at radius 1 is 1.45 bits per heavy atom. The Morgan fingerprint density at radius 3 is 2.55 bits per heavy atom. The standard InChI is InChI=1S/C9H6F2/c1-6(2)8-5-7(10)3-4-9(8)11/h5H,1H2,2H3. The molecule has 0 aliphatic carbocycles. The first-order chi connectivity index (χ1) is 5.11. The number of hydrogen-bond acceptors (Lipinski definition) is 0. The van der Waals surface area contributed by atoms with Gasteiger partial charge >= 0.3 is 0 Å². The van der Waals surface area contributed by atoms with E-state index >= 15 is 0 Å². The first-order valence-corrected chi connectivity index (χ1v) is 3.06. The normalized spacial score (nSPS) is 9.00. The maximum Gasteiger partial charge on any atom is 0.181 e. The van der Waals surface area contributed by atoms with Gasteiger partial charge in [-0.3, -0.25) is 0 Å². The van der Waals surface area contributed by atoms with Crippen molar-refractivity contribution in [2.24, 2.45) is 0 Å². The highest BCUT2D eigenvalue weighted by Gasteiger charge is 2.01. The summed E-state index contributed by atoms with van der Waals surface area (Å²) in [7, 11) is 0. The summed E-state index contributed by atoms with van der Waals surface area (Å²) in [5.41, 5.74) is 0.632. The predicted molar refractivity (Wildman–Crippen MR) is 38.7 cm³/mol. The van der Waals surface area contributed by atoms with Gasteiger partial charge in [0.2, 0.25) is 0 Å². The summed E-state index contributed by atoms with van der Waals surface area (Å²) in [6, 6.07) is 5.06. The molecule has 0 fully saturated rings. The van der Waals surface area contributed by atoms with Crippen molar-refractivity contribution in [2.75, 3.05) is 0 Å². The fourth-order valence-corrected chi connectivity index (χ4v) is 0.719. The van der Waals surface area contributed by atoms with Crippen LogP contribution in [-0.2, 0) is 0 Å². The highest BCUT2D eigenvalue weighted by Crippen LogP contribution is 2.14. The molecule has 56 valence electrons. The van der Waals surface area contributed by atoms with E-state index in [1.54, 1.807) is 6.92 Å².